The molecule has 0 spiro atoms. The summed E-state index contributed by atoms with van der Waals surface area (Å²) in [5, 5.41) is 7.06. The lowest BCUT2D eigenvalue weighted by Crippen LogP contribution is -2.03. The number of hydrogen-bond donors (Lipinski definition) is 2. The summed E-state index contributed by atoms with van der Waals surface area (Å²) < 4.78 is 14.5. The fourth-order valence-corrected chi connectivity index (χ4v) is 2.75. The molecule has 2 aromatic carbocycles. The first kappa shape index (κ1) is 20.8. The lowest BCUT2D eigenvalue weighted by atomic mass is 10.2. The Morgan fingerprint density at radius 2 is 1.93 bits per heavy atom. The second-order valence-corrected chi connectivity index (χ2v) is 6.55. The van der Waals surface area contributed by atoms with Crippen LogP contribution >= 0.6 is 11.4 Å². The number of nitrogens with zero attached hydrogens (tertiary/aromatic N) is 1. The highest BCUT2D eigenvalue weighted by Gasteiger charge is 2.06. The molecule has 0 atom stereocenters. The Hall–Kier alpha value is -2.53. The van der Waals surface area contributed by atoms with Gasteiger partial charge in [0.2, 0.25) is 0 Å². The van der Waals surface area contributed by atoms with Crippen molar-refractivity contribution in [2.45, 2.75) is 32.6 Å². The van der Waals surface area contributed by atoms with Crippen LogP contribution in [0.25, 0.3) is 0 Å². The number of ether oxygens (including phenoxy) is 2. The van der Waals surface area contributed by atoms with Gasteiger partial charge in [0, 0.05) is 6.54 Å². The third kappa shape index (κ3) is 8.13. The summed E-state index contributed by atoms with van der Waals surface area (Å²) in [7, 11) is 1.62. The first-order chi connectivity index (χ1) is 13.3. The molecule has 0 aliphatic heterocycles. The molecule has 0 heterocycles. The van der Waals surface area contributed by atoms with E-state index in [9.17, 15) is 0 Å². The highest BCUT2D eigenvalue weighted by atomic mass is 32.1. The van der Waals surface area contributed by atoms with Crippen molar-refractivity contribution in [2.75, 3.05) is 13.7 Å². The van der Waals surface area contributed by atoms with E-state index < -0.39 is 0 Å². The number of hydrogen-bond acceptors (Lipinski definition) is 5. The van der Waals surface area contributed by atoms with Crippen LogP contribution in [0.3, 0.4) is 0 Å². The number of nitrogens with one attached hydrogen (secondary N) is 2. The topological polar surface area (TPSA) is 54.9 Å². The molecule has 2 N–H and O–H groups in total. The highest BCUT2D eigenvalue weighted by Crippen LogP contribution is 2.31. The monoisotopic (exact) mass is 385 g/mol. The van der Waals surface area contributed by atoms with Gasteiger partial charge in [0.05, 0.1) is 18.6 Å². The van der Waals surface area contributed by atoms with Gasteiger partial charge < -0.3 is 9.47 Å². The molecule has 0 fully saturated rings. The quantitative estimate of drug-likeness (QED) is 0.195. The summed E-state index contributed by atoms with van der Waals surface area (Å²) in [6, 6.07) is 15.3. The third-order valence-corrected chi connectivity index (χ3v) is 4.28. The zero-order valence-corrected chi connectivity index (χ0v) is 16.7. The molecule has 144 valence electrons. The molecular weight excluding hydrogens is 358 g/mol. The molecular formula is C21H27N3O2S. The summed E-state index contributed by atoms with van der Waals surface area (Å²) in [5.41, 5.74) is 3.68. The second kappa shape index (κ2) is 12.8. The smallest absolute Gasteiger partial charge is 0.169 e. The summed E-state index contributed by atoms with van der Waals surface area (Å²) in [6.07, 6.45) is 6.71. The van der Waals surface area contributed by atoms with E-state index in [1.54, 1.807) is 13.3 Å². The third-order valence-electron chi connectivity index (χ3n) is 3.74. The zero-order valence-electron chi connectivity index (χ0n) is 15.9. The molecule has 0 aliphatic carbocycles. The van der Waals surface area contributed by atoms with Crippen molar-refractivity contribution in [1.82, 2.24) is 10.1 Å². The van der Waals surface area contributed by atoms with Gasteiger partial charge in [-0.05, 0) is 53.7 Å². The van der Waals surface area contributed by atoms with Crippen molar-refractivity contribution in [1.29, 1.82) is 0 Å². The Labute approximate surface area is 165 Å². The van der Waals surface area contributed by atoms with Gasteiger partial charge in [-0.3, -0.25) is 0 Å². The second-order valence-electron chi connectivity index (χ2n) is 5.85. The lowest BCUT2D eigenvalue weighted by Gasteiger charge is -2.10. The Morgan fingerprint density at radius 1 is 1.07 bits per heavy atom. The average Bonchev–Trinajstić information content (AvgIpc) is 2.71. The minimum Gasteiger partial charge on any atom is -0.493 e. The van der Waals surface area contributed by atoms with Gasteiger partial charge >= 0.3 is 0 Å². The minimum atomic E-state index is 0.652. The van der Waals surface area contributed by atoms with Crippen LogP contribution in [0.5, 0.6) is 17.2 Å². The van der Waals surface area contributed by atoms with Gasteiger partial charge in [-0.15, -0.1) is 0 Å². The fraction of sp³-hybridized carbons (Fsp3) is 0.333. The van der Waals surface area contributed by atoms with Crippen LogP contribution in [0.1, 0.15) is 38.2 Å². The van der Waals surface area contributed by atoms with Crippen molar-refractivity contribution < 1.29 is 9.47 Å². The Balaban J connectivity index is 1.82. The number of para-hydroxylation sites is 1. The predicted molar refractivity (Wildman–Crippen MR) is 114 cm³/mol. The summed E-state index contributed by atoms with van der Waals surface area (Å²) in [4.78, 5) is 0. The summed E-state index contributed by atoms with van der Waals surface area (Å²) in [6.45, 7) is 3.19. The molecule has 5 nitrogen and oxygen atoms in total. The number of hydrazone groups is 1. The Bertz CT molecular complexity index is 770. The molecule has 0 saturated heterocycles. The van der Waals surface area contributed by atoms with Gasteiger partial charge in [0.15, 0.2) is 11.5 Å². The van der Waals surface area contributed by atoms with E-state index in [1.807, 2.05) is 48.5 Å². The maximum absolute atomic E-state index is 5.85. The van der Waals surface area contributed by atoms with Gasteiger partial charge in [0.1, 0.15) is 5.75 Å². The van der Waals surface area contributed by atoms with Crippen LogP contribution in [0.15, 0.2) is 53.6 Å². The number of benzene rings is 2. The zero-order chi connectivity index (χ0) is 19.2. The molecule has 0 unspecified atom stereocenters. The Kier molecular flexibility index (Phi) is 9.82. The van der Waals surface area contributed by atoms with Crippen LogP contribution < -0.4 is 19.6 Å². The van der Waals surface area contributed by atoms with E-state index >= 15 is 0 Å². The van der Waals surface area contributed by atoms with E-state index in [0.29, 0.717) is 11.5 Å². The van der Waals surface area contributed by atoms with Crippen molar-refractivity contribution in [3.63, 3.8) is 0 Å². The van der Waals surface area contributed by atoms with Crippen LogP contribution in [0.2, 0.25) is 0 Å². The van der Waals surface area contributed by atoms with Gasteiger partial charge in [-0.1, -0.05) is 44.4 Å². The number of methoxy groups -OCH3 is 1. The van der Waals surface area contributed by atoms with E-state index in [2.05, 4.69) is 27.5 Å². The lowest BCUT2D eigenvalue weighted by molar-refractivity contribution is 0.379. The molecule has 0 saturated carbocycles. The van der Waals surface area contributed by atoms with Gasteiger partial charge in [0.25, 0.3) is 0 Å². The summed E-state index contributed by atoms with van der Waals surface area (Å²) in [5.74, 6) is 2.08. The van der Waals surface area contributed by atoms with Crippen LogP contribution in [0.4, 0.5) is 0 Å². The first-order valence-electron chi connectivity index (χ1n) is 9.16. The molecule has 0 bridgehead atoms. The Morgan fingerprint density at radius 3 is 2.70 bits per heavy atom. The van der Waals surface area contributed by atoms with E-state index in [1.165, 1.54) is 37.0 Å². The molecule has 0 radical (unpaired) electrons. The molecule has 27 heavy (non-hydrogen) atoms. The predicted octanol–water partition coefficient (Wildman–Crippen LogP) is 5.15. The average molecular weight is 386 g/mol. The van der Waals surface area contributed by atoms with E-state index in [-0.39, 0.29) is 0 Å². The molecule has 0 aliphatic rings. The molecule has 0 aromatic heterocycles. The fourth-order valence-electron chi connectivity index (χ4n) is 2.33. The molecule has 0 amide bonds. The van der Waals surface area contributed by atoms with E-state index in [0.717, 1.165) is 17.9 Å². The summed E-state index contributed by atoms with van der Waals surface area (Å²) >= 11 is 1.39. The number of unbranched alkanes of at least 4 members (excludes halogenated alkanes) is 3. The van der Waals surface area contributed by atoms with E-state index in [4.69, 9.17) is 9.47 Å². The standard InChI is InChI=1S/C21H27N3O2S/c1-3-4-5-9-14-24-27-17-23-22-16-18-12-13-20(21(15-18)25-2)26-19-10-7-6-8-11-19/h6-8,10-13,15-16,23-24H,3-5,9,14H2,1-2H3/b22-16+. The van der Waals surface area contributed by atoms with Crippen molar-refractivity contribution >= 4 is 17.6 Å². The van der Waals surface area contributed by atoms with Crippen LogP contribution in [0, 0.1) is 5.31 Å². The molecule has 6 heteroatoms. The van der Waals surface area contributed by atoms with Crippen LogP contribution in [-0.4, -0.2) is 19.9 Å². The highest BCUT2D eigenvalue weighted by molar-refractivity contribution is 7.86. The van der Waals surface area contributed by atoms with Crippen molar-refractivity contribution in [3.8, 4) is 22.6 Å². The largest absolute Gasteiger partial charge is 0.493 e. The molecule has 2 aromatic rings. The maximum atomic E-state index is 5.85. The van der Waals surface area contributed by atoms with Crippen LogP contribution in [-0.2, 0) is 0 Å². The van der Waals surface area contributed by atoms with Gasteiger partial charge in [-0.2, -0.15) is 5.10 Å². The molecule has 2 rings (SSSR count). The van der Waals surface area contributed by atoms with Crippen molar-refractivity contribution in [3.05, 3.63) is 54.1 Å². The minimum absolute atomic E-state index is 0.652. The maximum Gasteiger partial charge on any atom is 0.169 e. The first-order valence-corrected chi connectivity index (χ1v) is 9.98. The van der Waals surface area contributed by atoms with Gasteiger partial charge in [-0.25, -0.2) is 10.1 Å². The normalized spacial score (nSPS) is 10.4. The van der Waals surface area contributed by atoms with Crippen molar-refractivity contribution in [2.24, 2.45) is 5.10 Å². The SMILES string of the molecule is CCCCCCNS#CN/N=C/c1ccc(Oc2ccccc2)c(OC)c1. The number of rotatable bonds is 10.